The zero-order valence-corrected chi connectivity index (χ0v) is 11.0. The van der Waals surface area contributed by atoms with E-state index in [0.29, 0.717) is 0 Å². The van der Waals surface area contributed by atoms with Crippen molar-refractivity contribution in [1.29, 1.82) is 0 Å². The second-order valence-corrected chi connectivity index (χ2v) is 6.37. The van der Waals surface area contributed by atoms with Gasteiger partial charge in [-0.05, 0) is 40.7 Å². The minimum absolute atomic E-state index is 0.0816. The average Bonchev–Trinajstić information content (AvgIpc) is 2.96. The van der Waals surface area contributed by atoms with E-state index in [0.717, 1.165) is 18.4 Å². The fraction of sp³-hybridized carbons (Fsp3) is 0.467. The molecule has 0 bridgehead atoms. The first kappa shape index (κ1) is 11.2. The molecule has 0 aliphatic heterocycles. The summed E-state index contributed by atoms with van der Waals surface area (Å²) in [4.78, 5) is 0. The van der Waals surface area contributed by atoms with E-state index in [1.54, 1.807) is 11.3 Å². The highest BCUT2D eigenvalue weighted by atomic mass is 32.1. The third-order valence-electron chi connectivity index (χ3n) is 4.21. The van der Waals surface area contributed by atoms with Crippen LogP contribution in [0.2, 0.25) is 0 Å². The molecule has 1 N–H and O–H groups in total. The van der Waals surface area contributed by atoms with Crippen LogP contribution in [0, 0.1) is 5.41 Å². The van der Waals surface area contributed by atoms with Crippen molar-refractivity contribution in [1.82, 2.24) is 0 Å². The van der Waals surface area contributed by atoms with Crippen molar-refractivity contribution in [3.63, 3.8) is 0 Å². The molecule has 1 atom stereocenters. The summed E-state index contributed by atoms with van der Waals surface area (Å²) in [6.45, 7) is 2.23. The van der Waals surface area contributed by atoms with Crippen LogP contribution >= 0.6 is 11.3 Å². The maximum atomic E-state index is 10.7. The van der Waals surface area contributed by atoms with Gasteiger partial charge in [0.05, 0.1) is 6.10 Å². The molecule has 1 nitrogen and oxygen atoms in total. The topological polar surface area (TPSA) is 20.2 Å². The van der Waals surface area contributed by atoms with Gasteiger partial charge in [0.25, 0.3) is 0 Å². The van der Waals surface area contributed by atoms with Gasteiger partial charge in [0.1, 0.15) is 0 Å². The molecular weight excluding hydrogens is 228 g/mol. The highest BCUT2D eigenvalue weighted by Gasteiger charge is 2.37. The van der Waals surface area contributed by atoms with Crippen molar-refractivity contribution in [2.24, 2.45) is 5.41 Å². The normalized spacial score (nSPS) is 20.8. The van der Waals surface area contributed by atoms with Crippen LogP contribution in [0.15, 0.2) is 29.6 Å². The van der Waals surface area contributed by atoms with Gasteiger partial charge in [-0.25, -0.2) is 0 Å². The van der Waals surface area contributed by atoms with E-state index in [-0.39, 0.29) is 11.5 Å². The van der Waals surface area contributed by atoms with Crippen LogP contribution in [0.4, 0.5) is 0 Å². The molecule has 1 fully saturated rings. The summed E-state index contributed by atoms with van der Waals surface area (Å²) >= 11 is 1.74. The highest BCUT2D eigenvalue weighted by molar-refractivity contribution is 7.17. The van der Waals surface area contributed by atoms with E-state index in [4.69, 9.17) is 0 Å². The predicted molar refractivity (Wildman–Crippen MR) is 73.4 cm³/mol. The number of aliphatic hydroxyl groups is 1. The Balaban J connectivity index is 2.05. The van der Waals surface area contributed by atoms with E-state index in [9.17, 15) is 5.11 Å². The van der Waals surface area contributed by atoms with Gasteiger partial charge in [-0.3, -0.25) is 0 Å². The number of benzene rings is 1. The lowest BCUT2D eigenvalue weighted by atomic mass is 9.79. The summed E-state index contributed by atoms with van der Waals surface area (Å²) < 4.78 is 1.26. The Morgan fingerprint density at radius 2 is 2.00 bits per heavy atom. The number of aliphatic hydroxyl groups excluding tert-OH is 1. The summed E-state index contributed by atoms with van der Waals surface area (Å²) in [5, 5.41) is 14.1. The van der Waals surface area contributed by atoms with Crippen LogP contribution < -0.4 is 0 Å². The SMILES string of the molecule is CC1(C(O)c2cccc3ccsc23)CCCC1. The molecule has 1 heterocycles. The van der Waals surface area contributed by atoms with Gasteiger partial charge in [-0.15, -0.1) is 11.3 Å². The smallest absolute Gasteiger partial charge is 0.0857 e. The molecule has 17 heavy (non-hydrogen) atoms. The van der Waals surface area contributed by atoms with Crippen molar-refractivity contribution in [2.75, 3.05) is 0 Å². The van der Waals surface area contributed by atoms with E-state index in [1.165, 1.54) is 22.9 Å². The predicted octanol–water partition coefficient (Wildman–Crippen LogP) is 4.52. The zero-order valence-electron chi connectivity index (χ0n) is 10.1. The molecule has 1 aromatic heterocycles. The highest BCUT2D eigenvalue weighted by Crippen LogP contribution is 2.48. The van der Waals surface area contributed by atoms with Crippen LogP contribution in [-0.2, 0) is 0 Å². The Bertz CT molecular complexity index is 522. The number of thiophene rings is 1. The van der Waals surface area contributed by atoms with Gasteiger partial charge < -0.3 is 5.11 Å². The fourth-order valence-electron chi connectivity index (χ4n) is 3.06. The van der Waals surface area contributed by atoms with Crippen LogP contribution in [0.3, 0.4) is 0 Å². The molecule has 0 amide bonds. The Labute approximate surface area is 106 Å². The Morgan fingerprint density at radius 3 is 2.76 bits per heavy atom. The third-order valence-corrected chi connectivity index (χ3v) is 5.19. The molecule has 90 valence electrons. The molecule has 0 radical (unpaired) electrons. The lowest BCUT2D eigenvalue weighted by Crippen LogP contribution is -2.21. The monoisotopic (exact) mass is 246 g/mol. The minimum atomic E-state index is -0.313. The minimum Gasteiger partial charge on any atom is -0.388 e. The molecule has 1 unspecified atom stereocenters. The Hall–Kier alpha value is -0.860. The maximum absolute atomic E-state index is 10.7. The number of hydrogen-bond donors (Lipinski definition) is 1. The largest absolute Gasteiger partial charge is 0.388 e. The standard InChI is InChI=1S/C15H18OS/c1-15(8-2-3-9-15)14(16)12-6-4-5-11-7-10-17-13(11)12/h4-7,10,14,16H,2-3,8-9H2,1H3. The average molecular weight is 246 g/mol. The second kappa shape index (κ2) is 4.11. The first-order valence-corrected chi connectivity index (χ1v) is 7.23. The van der Waals surface area contributed by atoms with Crippen LogP contribution in [-0.4, -0.2) is 5.11 Å². The molecule has 1 aliphatic carbocycles. The molecule has 0 spiro atoms. The van der Waals surface area contributed by atoms with E-state index in [2.05, 4.69) is 36.6 Å². The maximum Gasteiger partial charge on any atom is 0.0857 e. The van der Waals surface area contributed by atoms with Gasteiger partial charge in [-0.2, -0.15) is 0 Å². The first-order chi connectivity index (χ1) is 8.21. The number of fused-ring (bicyclic) bond motifs is 1. The summed E-state index contributed by atoms with van der Waals surface area (Å²) in [7, 11) is 0. The molecular formula is C15H18OS. The van der Waals surface area contributed by atoms with Crippen molar-refractivity contribution < 1.29 is 5.11 Å². The molecule has 2 aromatic rings. The van der Waals surface area contributed by atoms with Gasteiger partial charge in [0.2, 0.25) is 0 Å². The van der Waals surface area contributed by atoms with Gasteiger partial charge in [0.15, 0.2) is 0 Å². The number of hydrogen-bond acceptors (Lipinski definition) is 2. The zero-order chi connectivity index (χ0) is 11.9. The molecule has 1 aromatic carbocycles. The summed E-state index contributed by atoms with van der Waals surface area (Å²) in [5.41, 5.74) is 1.21. The van der Waals surface area contributed by atoms with Gasteiger partial charge >= 0.3 is 0 Å². The van der Waals surface area contributed by atoms with Crippen molar-refractivity contribution in [3.8, 4) is 0 Å². The van der Waals surface area contributed by atoms with Crippen LogP contribution in [0.1, 0.15) is 44.3 Å². The lowest BCUT2D eigenvalue weighted by molar-refractivity contribution is 0.0421. The fourth-order valence-corrected chi connectivity index (χ4v) is 4.00. The van der Waals surface area contributed by atoms with E-state index >= 15 is 0 Å². The first-order valence-electron chi connectivity index (χ1n) is 6.35. The molecule has 1 saturated carbocycles. The Morgan fingerprint density at radius 1 is 1.24 bits per heavy atom. The van der Waals surface area contributed by atoms with Crippen LogP contribution in [0.25, 0.3) is 10.1 Å². The Kier molecular flexibility index (Phi) is 2.72. The molecule has 3 rings (SSSR count). The van der Waals surface area contributed by atoms with Gasteiger partial charge in [-0.1, -0.05) is 38.0 Å². The summed E-state index contributed by atoms with van der Waals surface area (Å²) in [6.07, 6.45) is 4.50. The van der Waals surface area contributed by atoms with Crippen molar-refractivity contribution in [2.45, 2.75) is 38.7 Å². The van der Waals surface area contributed by atoms with Crippen LogP contribution in [0.5, 0.6) is 0 Å². The molecule has 0 saturated heterocycles. The third kappa shape index (κ3) is 1.80. The summed E-state index contributed by atoms with van der Waals surface area (Å²) in [6, 6.07) is 8.41. The lowest BCUT2D eigenvalue weighted by Gasteiger charge is -2.30. The summed E-state index contributed by atoms with van der Waals surface area (Å²) in [5.74, 6) is 0. The quantitative estimate of drug-likeness (QED) is 0.826. The van der Waals surface area contributed by atoms with Crippen molar-refractivity contribution >= 4 is 21.4 Å². The van der Waals surface area contributed by atoms with E-state index in [1.807, 2.05) is 0 Å². The molecule has 2 heteroatoms. The second-order valence-electron chi connectivity index (χ2n) is 5.45. The molecule has 1 aliphatic rings. The van der Waals surface area contributed by atoms with Gasteiger partial charge in [0, 0.05) is 4.70 Å². The van der Waals surface area contributed by atoms with E-state index < -0.39 is 0 Å². The van der Waals surface area contributed by atoms with Crippen molar-refractivity contribution in [3.05, 3.63) is 35.2 Å². The number of rotatable bonds is 2.